The Labute approximate surface area is 101 Å². The van der Waals surface area contributed by atoms with Crippen LogP contribution in [0.25, 0.3) is 11.3 Å². The van der Waals surface area contributed by atoms with Crippen LogP contribution in [0.15, 0.2) is 36.5 Å². The number of aromatic nitrogens is 2. The van der Waals surface area contributed by atoms with Crippen molar-refractivity contribution >= 4 is 0 Å². The van der Waals surface area contributed by atoms with Gasteiger partial charge in [-0.3, -0.25) is 0 Å². The zero-order chi connectivity index (χ0) is 13.2. The summed E-state index contributed by atoms with van der Waals surface area (Å²) in [6, 6.07) is 8.11. The summed E-state index contributed by atoms with van der Waals surface area (Å²) in [6.45, 7) is 0. The fourth-order valence-corrected chi connectivity index (χ4v) is 1.52. The van der Waals surface area contributed by atoms with E-state index in [0.717, 1.165) is 6.07 Å². The first kappa shape index (κ1) is 12.0. The molecule has 0 bridgehead atoms. The zero-order valence-corrected chi connectivity index (χ0v) is 8.94. The molecule has 0 fully saturated rings. The van der Waals surface area contributed by atoms with Crippen LogP contribution in [-0.4, -0.2) is 9.97 Å². The van der Waals surface area contributed by atoms with Gasteiger partial charge in [-0.15, -0.1) is 0 Å². The molecule has 3 nitrogen and oxygen atoms in total. The van der Waals surface area contributed by atoms with Crippen molar-refractivity contribution in [1.82, 2.24) is 9.97 Å². The average Bonchev–Trinajstić information content (AvgIpc) is 2.38. The summed E-state index contributed by atoms with van der Waals surface area (Å²) in [5.41, 5.74) is -0.772. The molecule has 0 radical (unpaired) electrons. The number of benzene rings is 1. The third kappa shape index (κ3) is 2.30. The van der Waals surface area contributed by atoms with Crippen LogP contribution in [0.2, 0.25) is 0 Å². The number of halogens is 3. The molecule has 2 rings (SSSR count). The van der Waals surface area contributed by atoms with Gasteiger partial charge in [0.05, 0.1) is 11.3 Å². The lowest BCUT2D eigenvalue weighted by Crippen LogP contribution is -2.07. The Morgan fingerprint density at radius 2 is 1.83 bits per heavy atom. The van der Waals surface area contributed by atoms with Crippen LogP contribution in [0.5, 0.6) is 0 Å². The second kappa shape index (κ2) is 4.45. The molecule has 0 aliphatic heterocycles. The van der Waals surface area contributed by atoms with Gasteiger partial charge in [-0.2, -0.15) is 18.4 Å². The first-order valence-electron chi connectivity index (χ1n) is 4.92. The van der Waals surface area contributed by atoms with Gasteiger partial charge in [0, 0.05) is 11.8 Å². The van der Waals surface area contributed by atoms with Gasteiger partial charge in [-0.1, -0.05) is 18.2 Å². The summed E-state index contributed by atoms with van der Waals surface area (Å²) in [7, 11) is 0. The Balaban J connectivity index is 2.61. The maximum absolute atomic E-state index is 12.8. The lowest BCUT2D eigenvalue weighted by Gasteiger charge is -2.11. The summed E-state index contributed by atoms with van der Waals surface area (Å²) in [6.07, 6.45) is -3.21. The molecule has 0 saturated heterocycles. The highest BCUT2D eigenvalue weighted by Crippen LogP contribution is 2.35. The van der Waals surface area contributed by atoms with E-state index in [-0.39, 0.29) is 17.1 Å². The number of alkyl halides is 3. The molecule has 0 aliphatic rings. The van der Waals surface area contributed by atoms with Crippen LogP contribution in [0.3, 0.4) is 0 Å². The Kier molecular flexibility index (Phi) is 2.98. The van der Waals surface area contributed by atoms with E-state index < -0.39 is 11.7 Å². The minimum Gasteiger partial charge on any atom is -0.227 e. The number of hydrogen-bond donors (Lipinski definition) is 0. The molecule has 0 spiro atoms. The van der Waals surface area contributed by atoms with Crippen molar-refractivity contribution in [3.05, 3.63) is 47.9 Å². The summed E-state index contributed by atoms with van der Waals surface area (Å²) >= 11 is 0. The van der Waals surface area contributed by atoms with Crippen molar-refractivity contribution in [1.29, 1.82) is 5.26 Å². The number of nitriles is 1. The fraction of sp³-hybridized carbons (Fsp3) is 0.0833. The van der Waals surface area contributed by atoms with Crippen LogP contribution >= 0.6 is 0 Å². The standard InChI is InChI=1S/C12H6F3N3/c13-12(14,15)9-4-2-1-3-8(9)10-5-6-17-11(7-16)18-10/h1-6H. The monoisotopic (exact) mass is 249 g/mol. The maximum atomic E-state index is 12.8. The summed E-state index contributed by atoms with van der Waals surface area (Å²) < 4.78 is 38.4. The first-order chi connectivity index (χ1) is 8.52. The molecule has 0 saturated carbocycles. The zero-order valence-electron chi connectivity index (χ0n) is 8.94. The molecule has 18 heavy (non-hydrogen) atoms. The van der Waals surface area contributed by atoms with Gasteiger partial charge >= 0.3 is 6.18 Å². The largest absolute Gasteiger partial charge is 0.417 e. The molecule has 1 aromatic heterocycles. The van der Waals surface area contributed by atoms with E-state index in [9.17, 15) is 13.2 Å². The average molecular weight is 249 g/mol. The summed E-state index contributed by atoms with van der Waals surface area (Å²) in [5.74, 6) is -0.163. The molecule has 2 aromatic rings. The molecule has 6 heteroatoms. The second-order valence-corrected chi connectivity index (χ2v) is 3.42. The maximum Gasteiger partial charge on any atom is 0.417 e. The third-order valence-electron chi connectivity index (χ3n) is 2.26. The molecule has 1 heterocycles. The minimum atomic E-state index is -4.46. The van der Waals surface area contributed by atoms with Crippen molar-refractivity contribution in [2.24, 2.45) is 0 Å². The lowest BCUT2D eigenvalue weighted by molar-refractivity contribution is -0.137. The molecule has 0 atom stereocenters. The van der Waals surface area contributed by atoms with Crippen LogP contribution in [0.1, 0.15) is 11.4 Å². The summed E-state index contributed by atoms with van der Waals surface area (Å²) in [5, 5.41) is 8.64. The first-order valence-corrected chi connectivity index (χ1v) is 4.92. The fourth-order valence-electron chi connectivity index (χ4n) is 1.52. The Morgan fingerprint density at radius 1 is 1.11 bits per heavy atom. The Morgan fingerprint density at radius 3 is 2.50 bits per heavy atom. The predicted octanol–water partition coefficient (Wildman–Crippen LogP) is 3.03. The highest BCUT2D eigenvalue weighted by atomic mass is 19.4. The van der Waals surface area contributed by atoms with Gasteiger partial charge < -0.3 is 0 Å². The number of nitrogens with zero attached hydrogens (tertiary/aromatic N) is 3. The van der Waals surface area contributed by atoms with Crippen LogP contribution in [-0.2, 0) is 6.18 Å². The topological polar surface area (TPSA) is 49.6 Å². The minimum absolute atomic E-state index is 0.0658. The van der Waals surface area contributed by atoms with Gasteiger partial charge in [0.25, 0.3) is 0 Å². The molecular weight excluding hydrogens is 243 g/mol. The highest BCUT2D eigenvalue weighted by Gasteiger charge is 2.33. The normalized spacial score (nSPS) is 11.0. The molecule has 0 aliphatic carbocycles. The van der Waals surface area contributed by atoms with Gasteiger partial charge in [0.2, 0.25) is 5.82 Å². The van der Waals surface area contributed by atoms with E-state index in [4.69, 9.17) is 5.26 Å². The molecule has 0 unspecified atom stereocenters. The smallest absolute Gasteiger partial charge is 0.227 e. The van der Waals surface area contributed by atoms with E-state index in [1.54, 1.807) is 6.07 Å². The van der Waals surface area contributed by atoms with Gasteiger partial charge in [-0.25, -0.2) is 9.97 Å². The van der Waals surface area contributed by atoms with E-state index in [0.29, 0.717) is 0 Å². The second-order valence-electron chi connectivity index (χ2n) is 3.42. The molecule has 1 aromatic carbocycles. The molecule has 90 valence electrons. The third-order valence-corrected chi connectivity index (χ3v) is 2.26. The van der Waals surface area contributed by atoms with Crippen molar-refractivity contribution in [3.63, 3.8) is 0 Å². The molecule has 0 amide bonds. The van der Waals surface area contributed by atoms with Crippen molar-refractivity contribution in [2.45, 2.75) is 6.18 Å². The van der Waals surface area contributed by atoms with Crippen LogP contribution < -0.4 is 0 Å². The predicted molar refractivity (Wildman–Crippen MR) is 57.2 cm³/mol. The van der Waals surface area contributed by atoms with Gasteiger partial charge in [0.15, 0.2) is 0 Å². The van der Waals surface area contributed by atoms with E-state index in [1.807, 2.05) is 0 Å². The summed E-state index contributed by atoms with van der Waals surface area (Å²) in [4.78, 5) is 7.39. The molecular formula is C12H6F3N3. The Bertz CT molecular complexity index is 614. The van der Waals surface area contributed by atoms with Crippen molar-refractivity contribution < 1.29 is 13.2 Å². The van der Waals surface area contributed by atoms with E-state index >= 15 is 0 Å². The lowest BCUT2D eigenvalue weighted by atomic mass is 10.0. The van der Waals surface area contributed by atoms with Crippen LogP contribution in [0, 0.1) is 11.3 Å². The highest BCUT2D eigenvalue weighted by molar-refractivity contribution is 5.64. The van der Waals surface area contributed by atoms with Crippen molar-refractivity contribution in [3.8, 4) is 17.3 Å². The Hall–Kier alpha value is -2.42. The van der Waals surface area contributed by atoms with Gasteiger partial charge in [0.1, 0.15) is 6.07 Å². The van der Waals surface area contributed by atoms with Crippen LogP contribution in [0.4, 0.5) is 13.2 Å². The van der Waals surface area contributed by atoms with E-state index in [2.05, 4.69) is 9.97 Å². The van der Waals surface area contributed by atoms with E-state index in [1.165, 1.54) is 30.5 Å². The van der Waals surface area contributed by atoms with Crippen molar-refractivity contribution in [2.75, 3.05) is 0 Å². The number of rotatable bonds is 1. The quantitative estimate of drug-likeness (QED) is 0.780. The SMILES string of the molecule is N#Cc1nccc(-c2ccccc2C(F)(F)F)n1. The number of hydrogen-bond acceptors (Lipinski definition) is 3. The molecule has 0 N–H and O–H groups in total. The van der Waals surface area contributed by atoms with Gasteiger partial charge in [-0.05, 0) is 12.1 Å².